The van der Waals surface area contributed by atoms with Gasteiger partial charge in [-0.3, -0.25) is 9.59 Å². The molecule has 4 nitrogen and oxygen atoms in total. The SMILES string of the molecule is CC1c2c(F)cccc2CCN1C(=O)CCCC(=O)N1CCc2cccc(F)c2C1C. The largest absolute Gasteiger partial charge is 0.335 e. The molecular weight excluding hydrogens is 398 g/mol. The molecule has 0 N–H and O–H groups in total. The van der Waals surface area contributed by atoms with Crippen molar-refractivity contribution in [2.45, 2.75) is 58.0 Å². The van der Waals surface area contributed by atoms with Gasteiger partial charge in [0.05, 0.1) is 12.1 Å². The molecule has 0 saturated carbocycles. The van der Waals surface area contributed by atoms with Crippen molar-refractivity contribution in [2.75, 3.05) is 13.1 Å². The molecule has 2 aliphatic rings. The molecule has 6 heteroatoms. The Labute approximate surface area is 181 Å². The van der Waals surface area contributed by atoms with Crippen LogP contribution in [0.1, 0.15) is 67.4 Å². The van der Waals surface area contributed by atoms with Crippen molar-refractivity contribution in [3.05, 3.63) is 70.3 Å². The summed E-state index contributed by atoms with van der Waals surface area (Å²) in [6.45, 7) is 4.82. The molecule has 0 saturated heterocycles. The smallest absolute Gasteiger partial charge is 0.223 e. The molecule has 0 aromatic heterocycles. The van der Waals surface area contributed by atoms with E-state index in [1.54, 1.807) is 21.9 Å². The molecule has 0 aliphatic carbocycles. The first-order chi connectivity index (χ1) is 14.9. The van der Waals surface area contributed by atoms with Gasteiger partial charge < -0.3 is 9.80 Å². The second kappa shape index (κ2) is 8.77. The van der Waals surface area contributed by atoms with Crippen LogP contribution in [0.2, 0.25) is 0 Å². The number of benzene rings is 2. The van der Waals surface area contributed by atoms with Crippen LogP contribution >= 0.6 is 0 Å². The fourth-order valence-corrected chi connectivity index (χ4v) is 5.08. The maximum absolute atomic E-state index is 14.3. The first-order valence-electron chi connectivity index (χ1n) is 11.0. The number of halogens is 2. The topological polar surface area (TPSA) is 40.6 Å². The summed E-state index contributed by atoms with van der Waals surface area (Å²) in [6.07, 6.45) is 2.19. The van der Waals surface area contributed by atoms with Crippen LogP contribution in [0.3, 0.4) is 0 Å². The van der Waals surface area contributed by atoms with E-state index >= 15 is 0 Å². The van der Waals surface area contributed by atoms with Crippen LogP contribution in [0.15, 0.2) is 36.4 Å². The molecule has 2 aromatic rings. The van der Waals surface area contributed by atoms with Crippen LogP contribution in [0, 0.1) is 11.6 Å². The Bertz CT molecular complexity index is 928. The highest BCUT2D eigenvalue weighted by molar-refractivity contribution is 5.80. The summed E-state index contributed by atoms with van der Waals surface area (Å²) >= 11 is 0. The van der Waals surface area contributed by atoms with Gasteiger partial charge in [0.25, 0.3) is 0 Å². The molecule has 2 heterocycles. The van der Waals surface area contributed by atoms with Gasteiger partial charge in [0, 0.05) is 37.1 Å². The van der Waals surface area contributed by atoms with Crippen LogP contribution in [-0.4, -0.2) is 34.7 Å². The van der Waals surface area contributed by atoms with Gasteiger partial charge >= 0.3 is 0 Å². The summed E-state index contributed by atoms with van der Waals surface area (Å²) in [5, 5.41) is 0. The molecule has 2 aliphatic heterocycles. The van der Waals surface area contributed by atoms with E-state index in [1.807, 2.05) is 26.0 Å². The Kier molecular flexibility index (Phi) is 6.08. The average Bonchev–Trinajstić information content (AvgIpc) is 2.74. The van der Waals surface area contributed by atoms with E-state index in [2.05, 4.69) is 0 Å². The summed E-state index contributed by atoms with van der Waals surface area (Å²) < 4.78 is 28.6. The zero-order valence-corrected chi connectivity index (χ0v) is 18.0. The monoisotopic (exact) mass is 426 g/mol. The molecule has 2 unspecified atom stereocenters. The number of nitrogens with zero attached hydrogens (tertiary/aromatic N) is 2. The Morgan fingerprint density at radius 1 is 0.806 bits per heavy atom. The fourth-order valence-electron chi connectivity index (χ4n) is 5.08. The van der Waals surface area contributed by atoms with Crippen molar-refractivity contribution in [3.8, 4) is 0 Å². The predicted octanol–water partition coefficient (Wildman–Crippen LogP) is 4.73. The van der Waals surface area contributed by atoms with E-state index in [4.69, 9.17) is 0 Å². The number of hydrogen-bond acceptors (Lipinski definition) is 2. The van der Waals surface area contributed by atoms with Gasteiger partial charge in [-0.1, -0.05) is 24.3 Å². The first kappa shape index (κ1) is 21.5. The number of rotatable bonds is 4. The number of amides is 2. The third kappa shape index (κ3) is 4.08. The fraction of sp³-hybridized carbons (Fsp3) is 0.440. The van der Waals surface area contributed by atoms with E-state index in [0.717, 1.165) is 11.1 Å². The number of carbonyl (C=O) groups excluding carboxylic acids is 2. The van der Waals surface area contributed by atoms with Crippen molar-refractivity contribution in [1.29, 1.82) is 0 Å². The van der Waals surface area contributed by atoms with Crippen LogP contribution in [0.25, 0.3) is 0 Å². The summed E-state index contributed by atoms with van der Waals surface area (Å²) in [7, 11) is 0. The quantitative estimate of drug-likeness (QED) is 0.709. The van der Waals surface area contributed by atoms with Gasteiger partial charge in [-0.15, -0.1) is 0 Å². The zero-order valence-electron chi connectivity index (χ0n) is 18.0. The number of fused-ring (bicyclic) bond motifs is 2. The Morgan fingerprint density at radius 3 is 1.65 bits per heavy atom. The van der Waals surface area contributed by atoms with Crippen LogP contribution in [-0.2, 0) is 22.4 Å². The number of carbonyl (C=O) groups is 2. The molecule has 31 heavy (non-hydrogen) atoms. The van der Waals surface area contributed by atoms with E-state index in [1.165, 1.54) is 12.1 Å². The first-order valence-corrected chi connectivity index (χ1v) is 11.0. The molecule has 2 atom stereocenters. The standard InChI is InChI=1S/C25H28F2N2O2/c1-16-24-18(6-3-8-20(24)26)12-14-28(16)22(30)10-5-11-23(31)29-15-13-19-7-4-9-21(27)25(19)17(29)2/h3-4,6-9,16-17H,5,10-15H2,1-2H3. The van der Waals surface area contributed by atoms with Gasteiger partial charge in [-0.25, -0.2) is 8.78 Å². The van der Waals surface area contributed by atoms with Gasteiger partial charge in [0.1, 0.15) is 11.6 Å². The zero-order chi connectivity index (χ0) is 22.1. The molecular formula is C25H28F2N2O2. The van der Waals surface area contributed by atoms with Crippen molar-refractivity contribution in [2.24, 2.45) is 0 Å². The Balaban J connectivity index is 1.34. The minimum Gasteiger partial charge on any atom is -0.335 e. The maximum Gasteiger partial charge on any atom is 0.223 e. The highest BCUT2D eigenvalue weighted by atomic mass is 19.1. The summed E-state index contributed by atoms with van der Waals surface area (Å²) in [4.78, 5) is 29.0. The number of hydrogen-bond donors (Lipinski definition) is 0. The van der Waals surface area contributed by atoms with Crippen molar-refractivity contribution >= 4 is 11.8 Å². The third-order valence-electron chi connectivity index (χ3n) is 6.72. The molecule has 2 aromatic carbocycles. The normalized spacial score (nSPS) is 20.3. The van der Waals surface area contributed by atoms with Crippen LogP contribution in [0.4, 0.5) is 8.78 Å². The lowest BCUT2D eigenvalue weighted by Crippen LogP contribution is -2.40. The molecule has 0 radical (unpaired) electrons. The Morgan fingerprint density at radius 2 is 1.23 bits per heavy atom. The van der Waals surface area contributed by atoms with Gasteiger partial charge in [-0.2, -0.15) is 0 Å². The van der Waals surface area contributed by atoms with Crippen molar-refractivity contribution < 1.29 is 18.4 Å². The lowest BCUT2D eigenvalue weighted by Gasteiger charge is -2.36. The van der Waals surface area contributed by atoms with E-state index < -0.39 is 0 Å². The van der Waals surface area contributed by atoms with Crippen molar-refractivity contribution in [3.63, 3.8) is 0 Å². The lowest BCUT2D eigenvalue weighted by atomic mass is 9.92. The summed E-state index contributed by atoms with van der Waals surface area (Å²) in [5.41, 5.74) is 3.11. The highest BCUT2D eigenvalue weighted by Gasteiger charge is 2.31. The van der Waals surface area contributed by atoms with E-state index in [0.29, 0.717) is 43.5 Å². The molecule has 0 bridgehead atoms. The van der Waals surface area contributed by atoms with E-state index in [9.17, 15) is 18.4 Å². The molecule has 0 fully saturated rings. The summed E-state index contributed by atoms with van der Waals surface area (Å²) in [5.74, 6) is -0.664. The second-order valence-electron chi connectivity index (χ2n) is 8.51. The Hall–Kier alpha value is -2.76. The molecule has 4 rings (SSSR count). The minimum atomic E-state index is -0.310. The molecule has 0 spiro atoms. The van der Waals surface area contributed by atoms with E-state index in [-0.39, 0.29) is 48.4 Å². The maximum atomic E-state index is 14.3. The van der Waals surface area contributed by atoms with Crippen LogP contribution in [0.5, 0.6) is 0 Å². The molecule has 2 amide bonds. The van der Waals surface area contributed by atoms with Crippen LogP contribution < -0.4 is 0 Å². The van der Waals surface area contributed by atoms with Gasteiger partial charge in [0.2, 0.25) is 11.8 Å². The minimum absolute atomic E-state index is 0.0581. The summed E-state index contributed by atoms with van der Waals surface area (Å²) in [6, 6.07) is 9.48. The van der Waals surface area contributed by atoms with Gasteiger partial charge in [-0.05, 0) is 56.4 Å². The average molecular weight is 427 g/mol. The highest BCUT2D eigenvalue weighted by Crippen LogP contribution is 2.33. The second-order valence-corrected chi connectivity index (χ2v) is 8.51. The lowest BCUT2D eigenvalue weighted by molar-refractivity contribution is -0.135. The predicted molar refractivity (Wildman–Crippen MR) is 114 cm³/mol. The van der Waals surface area contributed by atoms with Gasteiger partial charge in [0.15, 0.2) is 0 Å². The molecule has 164 valence electrons. The third-order valence-corrected chi connectivity index (χ3v) is 6.72. The van der Waals surface area contributed by atoms with Crippen molar-refractivity contribution in [1.82, 2.24) is 9.80 Å².